The Kier molecular flexibility index (Phi) is 7.94. The van der Waals surface area contributed by atoms with E-state index in [-0.39, 0.29) is 42.5 Å². The summed E-state index contributed by atoms with van der Waals surface area (Å²) < 4.78 is 0. The molecule has 144 valence electrons. The molecule has 10 heteroatoms. The number of carbonyl (C=O) groups excluding carboxylic acids is 2. The smallest absolute Gasteiger partial charge is 0.324 e. The SMILES string of the molecule is CN=C(NCCN1C(=O)CNC1=O)NC1CCN(c2cccs2)CC1.I. The van der Waals surface area contributed by atoms with Crippen molar-refractivity contribution in [3.05, 3.63) is 17.5 Å². The van der Waals surface area contributed by atoms with Crippen molar-refractivity contribution >= 4 is 58.2 Å². The van der Waals surface area contributed by atoms with E-state index in [0.29, 0.717) is 25.1 Å². The van der Waals surface area contributed by atoms with Crippen LogP contribution in [0.5, 0.6) is 0 Å². The van der Waals surface area contributed by atoms with E-state index in [1.54, 1.807) is 18.4 Å². The van der Waals surface area contributed by atoms with E-state index in [0.717, 1.165) is 25.9 Å². The van der Waals surface area contributed by atoms with Crippen molar-refractivity contribution < 1.29 is 9.59 Å². The molecule has 2 aliphatic heterocycles. The molecule has 0 spiro atoms. The number of carbonyl (C=O) groups is 2. The zero-order chi connectivity index (χ0) is 17.6. The van der Waals surface area contributed by atoms with Crippen molar-refractivity contribution in [3.63, 3.8) is 0 Å². The summed E-state index contributed by atoms with van der Waals surface area (Å²) in [6, 6.07) is 4.30. The number of aliphatic imine (C=N–C) groups is 1. The quantitative estimate of drug-likeness (QED) is 0.248. The minimum atomic E-state index is -0.323. The highest BCUT2D eigenvalue weighted by molar-refractivity contribution is 14.0. The molecule has 0 unspecified atom stereocenters. The molecule has 2 aliphatic rings. The first kappa shape index (κ1) is 20.7. The minimum Gasteiger partial charge on any atom is -0.363 e. The Morgan fingerprint density at radius 3 is 2.73 bits per heavy atom. The Hall–Kier alpha value is -1.56. The summed E-state index contributed by atoms with van der Waals surface area (Å²) in [5.74, 6) is 0.525. The number of piperidine rings is 1. The average molecular weight is 492 g/mol. The number of imide groups is 1. The van der Waals surface area contributed by atoms with Crippen LogP contribution >= 0.6 is 35.3 Å². The number of hydrogen-bond donors (Lipinski definition) is 3. The van der Waals surface area contributed by atoms with Crippen molar-refractivity contribution in [2.24, 2.45) is 4.99 Å². The molecule has 3 rings (SSSR count). The molecular weight excluding hydrogens is 467 g/mol. The first-order valence-electron chi connectivity index (χ1n) is 8.51. The van der Waals surface area contributed by atoms with Gasteiger partial charge in [-0.25, -0.2) is 4.79 Å². The van der Waals surface area contributed by atoms with Crippen molar-refractivity contribution in [2.75, 3.05) is 44.7 Å². The summed E-state index contributed by atoms with van der Waals surface area (Å²) in [7, 11) is 1.73. The molecule has 2 fully saturated rings. The van der Waals surface area contributed by atoms with Gasteiger partial charge in [0.1, 0.15) is 0 Å². The number of anilines is 1. The van der Waals surface area contributed by atoms with Crippen LogP contribution in [0.2, 0.25) is 0 Å². The molecular formula is C16H25IN6O2S. The first-order valence-corrected chi connectivity index (χ1v) is 9.39. The van der Waals surface area contributed by atoms with Crippen LogP contribution in [0.3, 0.4) is 0 Å². The number of hydrogen-bond acceptors (Lipinski definition) is 5. The maximum absolute atomic E-state index is 11.5. The first-order chi connectivity index (χ1) is 12.2. The fraction of sp³-hybridized carbons (Fsp3) is 0.562. The van der Waals surface area contributed by atoms with E-state index < -0.39 is 0 Å². The van der Waals surface area contributed by atoms with Gasteiger partial charge in [0, 0.05) is 39.3 Å². The van der Waals surface area contributed by atoms with Crippen LogP contribution in [0.25, 0.3) is 0 Å². The maximum Gasteiger partial charge on any atom is 0.324 e. The number of nitrogens with one attached hydrogen (secondary N) is 3. The zero-order valence-corrected chi connectivity index (χ0v) is 17.9. The lowest BCUT2D eigenvalue weighted by atomic mass is 10.1. The van der Waals surface area contributed by atoms with Gasteiger partial charge in [-0.15, -0.1) is 35.3 Å². The van der Waals surface area contributed by atoms with Gasteiger partial charge in [-0.05, 0) is 30.4 Å². The Balaban J connectivity index is 0.00000243. The number of thiophene rings is 1. The topological polar surface area (TPSA) is 89.1 Å². The molecule has 26 heavy (non-hydrogen) atoms. The second-order valence-electron chi connectivity index (χ2n) is 6.06. The lowest BCUT2D eigenvalue weighted by Gasteiger charge is -2.33. The maximum atomic E-state index is 11.5. The molecule has 3 heterocycles. The second kappa shape index (κ2) is 9.95. The molecule has 2 saturated heterocycles. The van der Waals surface area contributed by atoms with Crippen LogP contribution in [0.4, 0.5) is 9.80 Å². The fourth-order valence-corrected chi connectivity index (χ4v) is 3.84. The van der Waals surface area contributed by atoms with Crippen molar-refractivity contribution in [1.82, 2.24) is 20.9 Å². The molecule has 0 saturated carbocycles. The van der Waals surface area contributed by atoms with Gasteiger partial charge in [0.15, 0.2) is 5.96 Å². The van der Waals surface area contributed by atoms with Crippen molar-refractivity contribution in [1.29, 1.82) is 0 Å². The van der Waals surface area contributed by atoms with Crippen LogP contribution in [0.15, 0.2) is 22.5 Å². The number of urea groups is 1. The Labute approximate surface area is 174 Å². The molecule has 3 amide bonds. The summed E-state index contributed by atoms with van der Waals surface area (Å²) >= 11 is 1.78. The molecule has 0 aromatic carbocycles. The van der Waals surface area contributed by atoms with Crippen molar-refractivity contribution in [2.45, 2.75) is 18.9 Å². The predicted octanol–water partition coefficient (Wildman–Crippen LogP) is 1.05. The van der Waals surface area contributed by atoms with E-state index in [1.165, 1.54) is 9.90 Å². The summed E-state index contributed by atoms with van der Waals surface area (Å²) in [6.07, 6.45) is 2.09. The number of nitrogens with zero attached hydrogens (tertiary/aromatic N) is 3. The largest absolute Gasteiger partial charge is 0.363 e. The third kappa shape index (κ3) is 5.22. The van der Waals surface area contributed by atoms with Gasteiger partial charge in [0.2, 0.25) is 5.91 Å². The Bertz CT molecular complexity index is 615. The predicted molar refractivity (Wildman–Crippen MR) is 115 cm³/mol. The summed E-state index contributed by atoms with van der Waals surface area (Å²) in [5.41, 5.74) is 0. The van der Waals surface area contributed by atoms with Crippen LogP contribution in [0.1, 0.15) is 12.8 Å². The monoisotopic (exact) mass is 492 g/mol. The number of halogens is 1. The van der Waals surface area contributed by atoms with Gasteiger partial charge in [-0.2, -0.15) is 0 Å². The molecule has 0 radical (unpaired) electrons. The van der Waals surface area contributed by atoms with Gasteiger partial charge in [0.25, 0.3) is 0 Å². The minimum absolute atomic E-state index is 0. The zero-order valence-electron chi connectivity index (χ0n) is 14.7. The number of amides is 3. The van der Waals surface area contributed by atoms with E-state index in [4.69, 9.17) is 0 Å². The molecule has 0 atom stereocenters. The standard InChI is InChI=1S/C16H24N6O2S.HI/c1-17-15(18-6-9-22-13(23)11-19-16(22)24)20-12-4-7-21(8-5-12)14-3-2-10-25-14;/h2-3,10,12H,4-9,11H2,1H3,(H,19,24)(H2,17,18,20);1H. The molecule has 1 aromatic heterocycles. The molecule has 0 aliphatic carbocycles. The van der Waals surface area contributed by atoms with Gasteiger partial charge < -0.3 is 20.9 Å². The van der Waals surface area contributed by atoms with Crippen molar-refractivity contribution in [3.8, 4) is 0 Å². The molecule has 0 bridgehead atoms. The molecule has 1 aromatic rings. The number of rotatable bonds is 5. The van der Waals surface area contributed by atoms with Gasteiger partial charge >= 0.3 is 6.03 Å². The highest BCUT2D eigenvalue weighted by Gasteiger charge is 2.27. The highest BCUT2D eigenvalue weighted by Crippen LogP contribution is 2.24. The van der Waals surface area contributed by atoms with E-state index in [9.17, 15) is 9.59 Å². The van der Waals surface area contributed by atoms with Gasteiger partial charge in [0.05, 0.1) is 11.5 Å². The Morgan fingerprint density at radius 2 is 2.15 bits per heavy atom. The Morgan fingerprint density at radius 1 is 1.38 bits per heavy atom. The fourth-order valence-electron chi connectivity index (χ4n) is 3.05. The van der Waals surface area contributed by atoms with E-state index in [2.05, 4.69) is 43.4 Å². The van der Waals surface area contributed by atoms with Gasteiger partial charge in [-0.1, -0.05) is 0 Å². The summed E-state index contributed by atoms with van der Waals surface area (Å²) in [6.45, 7) is 2.96. The van der Waals surface area contributed by atoms with E-state index in [1.807, 2.05) is 0 Å². The highest BCUT2D eigenvalue weighted by atomic mass is 127. The van der Waals surface area contributed by atoms with Crippen LogP contribution in [0, 0.1) is 0 Å². The lowest BCUT2D eigenvalue weighted by Crippen LogP contribution is -2.50. The van der Waals surface area contributed by atoms with Crippen LogP contribution in [-0.4, -0.2) is 68.6 Å². The lowest BCUT2D eigenvalue weighted by molar-refractivity contribution is -0.124. The average Bonchev–Trinajstić information content (AvgIpc) is 3.27. The third-order valence-electron chi connectivity index (χ3n) is 4.44. The summed E-state index contributed by atoms with van der Waals surface area (Å²) in [4.78, 5) is 30.9. The van der Waals surface area contributed by atoms with Crippen LogP contribution < -0.4 is 20.9 Å². The van der Waals surface area contributed by atoms with Gasteiger partial charge in [-0.3, -0.25) is 14.7 Å². The summed E-state index contributed by atoms with van der Waals surface area (Å²) in [5, 5.41) is 12.6. The molecule has 3 N–H and O–H groups in total. The molecule has 8 nitrogen and oxygen atoms in total. The van der Waals surface area contributed by atoms with Crippen LogP contribution in [-0.2, 0) is 4.79 Å². The second-order valence-corrected chi connectivity index (χ2v) is 6.99. The number of guanidine groups is 1. The normalized spacial score (nSPS) is 18.6. The van der Waals surface area contributed by atoms with E-state index >= 15 is 0 Å². The third-order valence-corrected chi connectivity index (χ3v) is 5.37.